The summed E-state index contributed by atoms with van der Waals surface area (Å²) in [5, 5.41) is 0. The van der Waals surface area contributed by atoms with E-state index in [1.54, 1.807) is 4.90 Å². The quantitative estimate of drug-likeness (QED) is 0.571. The molecule has 4 nitrogen and oxygen atoms in total. The van der Waals surface area contributed by atoms with Gasteiger partial charge in [-0.05, 0) is 31.2 Å². The molecule has 1 aromatic carbocycles. The highest BCUT2D eigenvalue weighted by atomic mass is 16.5. The second-order valence-electron chi connectivity index (χ2n) is 6.76. The van der Waals surface area contributed by atoms with Crippen LogP contribution in [0.1, 0.15) is 31.7 Å². The average molecular weight is 327 g/mol. The third-order valence-corrected chi connectivity index (χ3v) is 4.84. The number of nitrogens with zero attached hydrogens (tertiary/aromatic N) is 1. The molecule has 0 bridgehead atoms. The molecule has 0 radical (unpaired) electrons. The second kappa shape index (κ2) is 7.75. The fourth-order valence-corrected chi connectivity index (χ4v) is 3.43. The van der Waals surface area contributed by atoms with Gasteiger partial charge in [0.05, 0.1) is 18.6 Å². The standard InChI is InChI=1S/C20H25NO3/c1-2-6-17(11-16-9-10-16)20(23)21-18(14-24-19(21)13-22)12-15-7-4-3-5-8-15/h2-8,13,16-19H,9-12,14H2,1H3/b6-2+/t17-,18-,19?/m0/s1. The zero-order chi connectivity index (χ0) is 16.9. The first-order chi connectivity index (χ1) is 11.7. The highest BCUT2D eigenvalue weighted by Crippen LogP contribution is 2.37. The van der Waals surface area contributed by atoms with Gasteiger partial charge in [0.15, 0.2) is 12.5 Å². The molecule has 1 aromatic rings. The van der Waals surface area contributed by atoms with Crippen molar-refractivity contribution in [2.24, 2.45) is 11.8 Å². The van der Waals surface area contributed by atoms with Gasteiger partial charge >= 0.3 is 0 Å². The van der Waals surface area contributed by atoms with E-state index in [0.717, 1.165) is 18.3 Å². The maximum Gasteiger partial charge on any atom is 0.232 e. The van der Waals surface area contributed by atoms with E-state index in [9.17, 15) is 9.59 Å². The van der Waals surface area contributed by atoms with Crippen LogP contribution in [0.15, 0.2) is 42.5 Å². The summed E-state index contributed by atoms with van der Waals surface area (Å²) in [6, 6.07) is 9.97. The fraction of sp³-hybridized carbons (Fsp3) is 0.500. The lowest BCUT2D eigenvalue weighted by atomic mass is 9.97. The number of carbonyl (C=O) groups is 2. The SMILES string of the molecule is C/C=C/[C@@H](CC1CC1)C(=O)N1C(C=O)OC[C@@H]1Cc1ccccc1. The van der Waals surface area contributed by atoms with Gasteiger partial charge in [-0.1, -0.05) is 55.3 Å². The third kappa shape index (κ3) is 3.93. The first-order valence-electron chi connectivity index (χ1n) is 8.78. The topological polar surface area (TPSA) is 46.6 Å². The van der Waals surface area contributed by atoms with Crippen molar-refractivity contribution in [2.75, 3.05) is 6.61 Å². The van der Waals surface area contributed by atoms with Crippen LogP contribution in [0.5, 0.6) is 0 Å². The highest BCUT2D eigenvalue weighted by molar-refractivity contribution is 5.83. The normalized spacial score (nSPS) is 25.1. The Hall–Kier alpha value is -1.94. The van der Waals surface area contributed by atoms with Crippen molar-refractivity contribution in [2.45, 2.75) is 44.9 Å². The molecule has 3 rings (SSSR count). The summed E-state index contributed by atoms with van der Waals surface area (Å²) in [5.74, 6) is 0.529. The number of ether oxygens (including phenoxy) is 1. The van der Waals surface area contributed by atoms with Crippen molar-refractivity contribution in [3.8, 4) is 0 Å². The first-order valence-corrected chi connectivity index (χ1v) is 8.78. The molecule has 24 heavy (non-hydrogen) atoms. The van der Waals surface area contributed by atoms with Gasteiger partial charge in [-0.15, -0.1) is 0 Å². The van der Waals surface area contributed by atoms with Gasteiger partial charge < -0.3 is 9.64 Å². The van der Waals surface area contributed by atoms with Crippen LogP contribution in [0.3, 0.4) is 0 Å². The molecule has 0 aromatic heterocycles. The minimum atomic E-state index is -0.752. The van der Waals surface area contributed by atoms with Crippen LogP contribution >= 0.6 is 0 Å². The Morgan fingerprint density at radius 2 is 2.08 bits per heavy atom. The van der Waals surface area contributed by atoms with Crippen molar-refractivity contribution < 1.29 is 14.3 Å². The predicted molar refractivity (Wildman–Crippen MR) is 92.2 cm³/mol. The number of aldehydes is 1. The minimum Gasteiger partial charge on any atom is -0.349 e. The van der Waals surface area contributed by atoms with E-state index in [-0.39, 0.29) is 17.9 Å². The summed E-state index contributed by atoms with van der Waals surface area (Å²) in [4.78, 5) is 26.2. The lowest BCUT2D eigenvalue weighted by Crippen LogP contribution is -2.46. The second-order valence-corrected chi connectivity index (χ2v) is 6.76. The van der Waals surface area contributed by atoms with E-state index in [1.807, 2.05) is 49.4 Å². The van der Waals surface area contributed by atoms with Gasteiger partial charge in [-0.2, -0.15) is 0 Å². The summed E-state index contributed by atoms with van der Waals surface area (Å²) in [6.45, 7) is 2.35. The van der Waals surface area contributed by atoms with Gasteiger partial charge in [0, 0.05) is 0 Å². The van der Waals surface area contributed by atoms with Crippen molar-refractivity contribution in [3.05, 3.63) is 48.0 Å². The molecule has 1 aliphatic heterocycles. The molecule has 2 fully saturated rings. The zero-order valence-corrected chi connectivity index (χ0v) is 14.1. The summed E-state index contributed by atoms with van der Waals surface area (Å²) in [7, 11) is 0. The van der Waals surface area contributed by atoms with Crippen LogP contribution in [0.2, 0.25) is 0 Å². The molecule has 4 heteroatoms. The van der Waals surface area contributed by atoms with Crippen LogP contribution in [0.25, 0.3) is 0 Å². The van der Waals surface area contributed by atoms with Gasteiger partial charge in [0.2, 0.25) is 5.91 Å². The van der Waals surface area contributed by atoms with Crippen molar-refractivity contribution in [1.82, 2.24) is 4.90 Å². The fourth-order valence-electron chi connectivity index (χ4n) is 3.43. The third-order valence-electron chi connectivity index (χ3n) is 4.84. The van der Waals surface area contributed by atoms with Crippen molar-refractivity contribution in [3.63, 3.8) is 0 Å². The van der Waals surface area contributed by atoms with Gasteiger partial charge in [0.25, 0.3) is 0 Å². The Kier molecular flexibility index (Phi) is 5.46. The van der Waals surface area contributed by atoms with E-state index >= 15 is 0 Å². The summed E-state index contributed by atoms with van der Waals surface area (Å²) in [6.07, 6.45) is 7.91. The lowest BCUT2D eigenvalue weighted by molar-refractivity contribution is -0.145. The smallest absolute Gasteiger partial charge is 0.232 e. The molecule has 0 spiro atoms. The largest absolute Gasteiger partial charge is 0.349 e. The van der Waals surface area contributed by atoms with E-state index in [2.05, 4.69) is 0 Å². The molecular formula is C20H25NO3. The summed E-state index contributed by atoms with van der Waals surface area (Å²) >= 11 is 0. The molecule has 0 N–H and O–H groups in total. The van der Waals surface area contributed by atoms with Crippen LogP contribution in [0.4, 0.5) is 0 Å². The molecule has 1 saturated heterocycles. The Balaban J connectivity index is 1.76. The van der Waals surface area contributed by atoms with Crippen LogP contribution < -0.4 is 0 Å². The highest BCUT2D eigenvalue weighted by Gasteiger charge is 2.41. The molecule has 1 heterocycles. The van der Waals surface area contributed by atoms with Crippen LogP contribution in [-0.4, -0.2) is 36.0 Å². The molecule has 128 valence electrons. The number of benzene rings is 1. The number of hydrogen-bond acceptors (Lipinski definition) is 3. The summed E-state index contributed by atoms with van der Waals surface area (Å²) in [5.41, 5.74) is 1.15. The van der Waals surface area contributed by atoms with Crippen LogP contribution in [-0.2, 0) is 20.7 Å². The monoisotopic (exact) mass is 327 g/mol. The Labute approximate surface area is 143 Å². The van der Waals surface area contributed by atoms with Gasteiger partial charge in [-0.3, -0.25) is 9.59 Å². The van der Waals surface area contributed by atoms with E-state index in [4.69, 9.17) is 4.74 Å². The zero-order valence-electron chi connectivity index (χ0n) is 14.1. The van der Waals surface area contributed by atoms with Gasteiger partial charge in [-0.25, -0.2) is 0 Å². The summed E-state index contributed by atoms with van der Waals surface area (Å²) < 4.78 is 5.58. The first kappa shape index (κ1) is 16.9. The lowest BCUT2D eigenvalue weighted by Gasteiger charge is -2.29. The van der Waals surface area contributed by atoms with Gasteiger partial charge in [0.1, 0.15) is 0 Å². The van der Waals surface area contributed by atoms with Crippen molar-refractivity contribution >= 4 is 12.2 Å². The maximum absolute atomic E-state index is 13.1. The molecular weight excluding hydrogens is 302 g/mol. The number of carbonyl (C=O) groups excluding carboxylic acids is 2. The van der Waals surface area contributed by atoms with E-state index in [0.29, 0.717) is 18.9 Å². The number of rotatable bonds is 7. The predicted octanol–water partition coefficient (Wildman–Crippen LogP) is 2.97. The maximum atomic E-state index is 13.1. The molecule has 1 saturated carbocycles. The number of allylic oxidation sites excluding steroid dienone is 1. The molecule has 3 atom stereocenters. The Bertz CT molecular complexity index is 594. The number of hydrogen-bond donors (Lipinski definition) is 0. The Morgan fingerprint density at radius 1 is 1.33 bits per heavy atom. The van der Waals surface area contributed by atoms with Crippen molar-refractivity contribution in [1.29, 1.82) is 0 Å². The minimum absolute atomic E-state index is 0.0236. The number of amides is 1. The molecule has 1 aliphatic carbocycles. The van der Waals surface area contributed by atoms with Crippen LogP contribution in [0, 0.1) is 11.8 Å². The molecule has 1 unspecified atom stereocenters. The average Bonchev–Trinajstić information content (AvgIpc) is 3.33. The van der Waals surface area contributed by atoms with E-state index in [1.165, 1.54) is 12.8 Å². The molecule has 1 amide bonds. The van der Waals surface area contributed by atoms with E-state index < -0.39 is 6.23 Å². The Morgan fingerprint density at radius 3 is 2.71 bits per heavy atom. The molecule has 2 aliphatic rings.